The molecule has 2 aromatic carbocycles. The van der Waals surface area contributed by atoms with Gasteiger partial charge in [0.2, 0.25) is 6.79 Å². The van der Waals surface area contributed by atoms with Crippen LogP contribution in [0.25, 0.3) is 0 Å². The molecular weight excluding hydrogens is 367 g/mol. The first-order valence-corrected chi connectivity index (χ1v) is 8.98. The topological polar surface area (TPSA) is 38.8 Å². The van der Waals surface area contributed by atoms with Gasteiger partial charge in [0.25, 0.3) is 5.91 Å². The van der Waals surface area contributed by atoms with Crippen LogP contribution in [-0.2, 0) is 6.18 Å². The van der Waals surface area contributed by atoms with Gasteiger partial charge in [-0.2, -0.15) is 13.2 Å². The third kappa shape index (κ3) is 3.09. The lowest BCUT2D eigenvalue weighted by Crippen LogP contribution is -2.30. The fourth-order valence-corrected chi connectivity index (χ4v) is 4.23. The summed E-state index contributed by atoms with van der Waals surface area (Å²) in [5.74, 6) is 1.77. The lowest BCUT2D eigenvalue weighted by molar-refractivity contribution is -0.137. The Morgan fingerprint density at radius 3 is 2.54 bits per heavy atom. The van der Waals surface area contributed by atoms with Crippen molar-refractivity contribution in [2.75, 3.05) is 19.1 Å². The van der Waals surface area contributed by atoms with E-state index in [2.05, 4.69) is 0 Å². The van der Waals surface area contributed by atoms with Crippen molar-refractivity contribution in [3.05, 3.63) is 59.2 Å². The third-order valence-electron chi connectivity index (χ3n) is 4.29. The van der Waals surface area contributed by atoms with Crippen LogP contribution in [0.15, 0.2) is 42.5 Å². The summed E-state index contributed by atoms with van der Waals surface area (Å²) in [6, 6.07) is 9.85. The molecular formula is C18H14F3NO3S. The molecule has 4 rings (SSSR count). The lowest BCUT2D eigenvalue weighted by Gasteiger charge is -2.24. The molecule has 1 amide bonds. The number of thioether (sulfide) groups is 1. The van der Waals surface area contributed by atoms with Crippen molar-refractivity contribution in [2.45, 2.75) is 11.6 Å². The second kappa shape index (κ2) is 6.42. The molecule has 0 N–H and O–H groups in total. The fraction of sp³-hybridized carbons (Fsp3) is 0.278. The van der Waals surface area contributed by atoms with Crippen LogP contribution in [0.3, 0.4) is 0 Å². The summed E-state index contributed by atoms with van der Waals surface area (Å²) in [6.07, 6.45) is -4.42. The number of benzene rings is 2. The van der Waals surface area contributed by atoms with E-state index in [1.165, 1.54) is 12.1 Å². The highest BCUT2D eigenvalue weighted by Crippen LogP contribution is 2.42. The van der Waals surface area contributed by atoms with Gasteiger partial charge in [0.05, 0.1) is 5.56 Å². The molecule has 0 radical (unpaired) electrons. The zero-order chi connectivity index (χ0) is 18.3. The number of carbonyl (C=O) groups excluding carboxylic acids is 1. The molecule has 26 heavy (non-hydrogen) atoms. The number of carbonyl (C=O) groups is 1. The largest absolute Gasteiger partial charge is 0.454 e. The second-order valence-electron chi connectivity index (χ2n) is 5.91. The predicted molar refractivity (Wildman–Crippen MR) is 90.2 cm³/mol. The molecule has 4 nitrogen and oxygen atoms in total. The van der Waals surface area contributed by atoms with Crippen molar-refractivity contribution in [3.63, 3.8) is 0 Å². The van der Waals surface area contributed by atoms with Crippen LogP contribution in [0.1, 0.15) is 26.9 Å². The van der Waals surface area contributed by atoms with Crippen LogP contribution < -0.4 is 9.47 Å². The van der Waals surface area contributed by atoms with Crippen molar-refractivity contribution < 1.29 is 27.4 Å². The van der Waals surface area contributed by atoms with Crippen molar-refractivity contribution in [2.24, 2.45) is 0 Å². The third-order valence-corrected chi connectivity index (χ3v) is 5.55. The van der Waals surface area contributed by atoms with Crippen LogP contribution in [0.4, 0.5) is 13.2 Å². The Hall–Kier alpha value is -2.35. The monoisotopic (exact) mass is 381 g/mol. The molecule has 2 heterocycles. The molecule has 0 spiro atoms. The number of nitrogens with zero attached hydrogens (tertiary/aromatic N) is 1. The fourth-order valence-electron chi connectivity index (χ4n) is 2.99. The zero-order valence-electron chi connectivity index (χ0n) is 13.5. The number of hydrogen-bond donors (Lipinski definition) is 0. The lowest BCUT2D eigenvalue weighted by atomic mass is 10.1. The minimum Gasteiger partial charge on any atom is -0.454 e. The second-order valence-corrected chi connectivity index (χ2v) is 7.10. The Bertz CT molecular complexity index is 839. The minimum atomic E-state index is -4.42. The smallest absolute Gasteiger partial charge is 0.416 e. The maximum absolute atomic E-state index is 12.8. The molecule has 2 aliphatic rings. The van der Waals surface area contributed by atoms with Gasteiger partial charge in [-0.1, -0.05) is 6.07 Å². The van der Waals surface area contributed by atoms with Gasteiger partial charge in [0.15, 0.2) is 11.5 Å². The van der Waals surface area contributed by atoms with Crippen LogP contribution >= 0.6 is 11.8 Å². The normalized spacial score (nSPS) is 19.0. The average molecular weight is 381 g/mol. The Morgan fingerprint density at radius 1 is 1.08 bits per heavy atom. The first-order chi connectivity index (χ1) is 12.4. The molecule has 1 fully saturated rings. The highest BCUT2D eigenvalue weighted by atomic mass is 32.2. The van der Waals surface area contributed by atoms with E-state index in [1.54, 1.807) is 22.7 Å². The maximum Gasteiger partial charge on any atom is 0.416 e. The van der Waals surface area contributed by atoms with Gasteiger partial charge in [-0.05, 0) is 42.0 Å². The highest BCUT2D eigenvalue weighted by molar-refractivity contribution is 7.99. The van der Waals surface area contributed by atoms with Crippen LogP contribution in [-0.4, -0.2) is 29.9 Å². The highest BCUT2D eigenvalue weighted by Gasteiger charge is 2.34. The summed E-state index contributed by atoms with van der Waals surface area (Å²) < 4.78 is 48.8. The minimum absolute atomic E-state index is 0.171. The molecule has 0 aliphatic carbocycles. The van der Waals surface area contributed by atoms with Gasteiger partial charge in [-0.15, -0.1) is 11.8 Å². The van der Waals surface area contributed by atoms with E-state index >= 15 is 0 Å². The Balaban J connectivity index is 1.57. The molecule has 136 valence electrons. The summed E-state index contributed by atoms with van der Waals surface area (Å²) in [4.78, 5) is 14.5. The molecule has 0 bridgehead atoms. The van der Waals surface area contributed by atoms with E-state index in [4.69, 9.17) is 9.47 Å². The average Bonchev–Trinajstić information content (AvgIpc) is 3.28. The van der Waals surface area contributed by atoms with E-state index in [0.29, 0.717) is 18.0 Å². The number of hydrogen-bond acceptors (Lipinski definition) is 4. The molecule has 2 aliphatic heterocycles. The van der Waals surface area contributed by atoms with Crippen LogP contribution in [0, 0.1) is 0 Å². The molecule has 8 heteroatoms. The van der Waals surface area contributed by atoms with E-state index < -0.39 is 11.7 Å². The molecule has 1 atom stereocenters. The van der Waals surface area contributed by atoms with E-state index in [1.807, 2.05) is 12.1 Å². The first kappa shape index (κ1) is 17.1. The Kier molecular flexibility index (Phi) is 4.22. The van der Waals surface area contributed by atoms with Crippen molar-refractivity contribution in [1.29, 1.82) is 0 Å². The first-order valence-electron chi connectivity index (χ1n) is 7.93. The summed E-state index contributed by atoms with van der Waals surface area (Å²) in [5, 5.41) is -0.209. The van der Waals surface area contributed by atoms with Gasteiger partial charge in [0, 0.05) is 17.9 Å². The van der Waals surface area contributed by atoms with Gasteiger partial charge in [-0.25, -0.2) is 0 Å². The Labute approximate surface area is 151 Å². The van der Waals surface area contributed by atoms with Gasteiger partial charge in [0.1, 0.15) is 5.37 Å². The summed E-state index contributed by atoms with van der Waals surface area (Å²) in [5.41, 5.74) is 0.375. The number of halogens is 3. The molecule has 1 unspecified atom stereocenters. The number of rotatable bonds is 2. The van der Waals surface area contributed by atoms with Crippen LogP contribution in [0.5, 0.6) is 11.5 Å². The van der Waals surface area contributed by atoms with E-state index in [-0.39, 0.29) is 23.6 Å². The molecule has 0 aromatic heterocycles. The van der Waals surface area contributed by atoms with Crippen LogP contribution in [0.2, 0.25) is 0 Å². The quantitative estimate of drug-likeness (QED) is 0.777. The van der Waals surface area contributed by atoms with E-state index in [0.717, 1.165) is 23.4 Å². The van der Waals surface area contributed by atoms with Crippen molar-refractivity contribution in [3.8, 4) is 11.5 Å². The van der Waals surface area contributed by atoms with Gasteiger partial charge >= 0.3 is 6.18 Å². The number of alkyl halides is 3. The maximum atomic E-state index is 12.8. The van der Waals surface area contributed by atoms with Gasteiger partial charge in [-0.3, -0.25) is 4.79 Å². The SMILES string of the molecule is O=C(c1ccc(C(F)(F)F)cc1)N1CCSC1c1ccc2c(c1)OCO2. The summed E-state index contributed by atoms with van der Waals surface area (Å²) in [7, 11) is 0. The predicted octanol–water partition coefficient (Wildman–Crippen LogP) is 4.32. The van der Waals surface area contributed by atoms with Crippen molar-refractivity contribution >= 4 is 17.7 Å². The Morgan fingerprint density at radius 2 is 1.81 bits per heavy atom. The van der Waals surface area contributed by atoms with Crippen molar-refractivity contribution in [1.82, 2.24) is 4.90 Å². The summed E-state index contributed by atoms with van der Waals surface area (Å²) in [6.45, 7) is 0.703. The molecule has 0 saturated carbocycles. The molecule has 1 saturated heterocycles. The van der Waals surface area contributed by atoms with E-state index in [9.17, 15) is 18.0 Å². The zero-order valence-corrected chi connectivity index (χ0v) is 14.3. The number of amides is 1. The standard InChI is InChI=1S/C18H14F3NO3S/c19-18(20,21)13-4-1-11(2-5-13)16(23)22-7-8-26-17(22)12-3-6-14-15(9-12)25-10-24-14/h1-6,9,17H,7-8,10H2. The number of fused-ring (bicyclic) bond motifs is 1. The summed E-state index contributed by atoms with van der Waals surface area (Å²) >= 11 is 1.61. The molecule has 2 aromatic rings. The number of ether oxygens (including phenoxy) is 2. The van der Waals surface area contributed by atoms with Gasteiger partial charge < -0.3 is 14.4 Å².